The van der Waals surface area contributed by atoms with Gasteiger partial charge in [-0.1, -0.05) is 25.3 Å². The molecule has 3 nitrogen and oxygen atoms in total. The van der Waals surface area contributed by atoms with Crippen molar-refractivity contribution in [2.24, 2.45) is 0 Å². The molecule has 0 spiro atoms. The summed E-state index contributed by atoms with van der Waals surface area (Å²) in [4.78, 5) is 13.0. The predicted octanol–water partition coefficient (Wildman–Crippen LogP) is 2.43. The van der Waals surface area contributed by atoms with Crippen LogP contribution >= 0.6 is 0 Å². The highest BCUT2D eigenvalue weighted by molar-refractivity contribution is 5.36. The summed E-state index contributed by atoms with van der Waals surface area (Å²) in [5.74, 6) is 0. The zero-order chi connectivity index (χ0) is 10.5. The average molecular weight is 195 g/mol. The minimum absolute atomic E-state index is 0.431. The zero-order valence-corrected chi connectivity index (χ0v) is 8.56. The molecule has 0 aliphatic heterocycles. The van der Waals surface area contributed by atoms with E-state index in [0.717, 1.165) is 0 Å². The van der Waals surface area contributed by atoms with Crippen LogP contribution in [-0.2, 0) is 9.53 Å². The summed E-state index contributed by atoms with van der Waals surface area (Å²) in [6, 6.07) is 5.72. The summed E-state index contributed by atoms with van der Waals surface area (Å²) in [7, 11) is 0. The van der Waals surface area contributed by atoms with Gasteiger partial charge in [0.15, 0.2) is 0 Å². The van der Waals surface area contributed by atoms with Gasteiger partial charge < -0.3 is 4.74 Å². The third kappa shape index (κ3) is 16.9. The molecule has 0 radical (unpaired) electrons. The van der Waals surface area contributed by atoms with Crippen molar-refractivity contribution in [3.8, 4) is 0 Å². The van der Waals surface area contributed by atoms with Crippen molar-refractivity contribution >= 4 is 6.47 Å². The highest BCUT2D eigenvalue weighted by Gasteiger charge is 1.95. The smallest absolute Gasteiger partial charge is 0.293 e. The molecule has 3 heteroatoms. The van der Waals surface area contributed by atoms with Crippen molar-refractivity contribution in [1.82, 2.24) is 4.98 Å². The average Bonchev–Trinajstić information content (AvgIpc) is 3.10. The molecule has 1 saturated carbocycles. The van der Waals surface area contributed by atoms with Crippen molar-refractivity contribution in [3.05, 3.63) is 30.6 Å². The second kappa shape index (κ2) is 11.6. The van der Waals surface area contributed by atoms with Gasteiger partial charge in [0.1, 0.15) is 0 Å². The SMILES string of the molecule is C1CC1.CCOC=O.c1ccncc1. The molecule has 0 atom stereocenters. The molecule has 2 rings (SSSR count). The number of nitrogens with zero attached hydrogens (tertiary/aromatic N) is 1. The van der Waals surface area contributed by atoms with E-state index in [1.54, 1.807) is 19.3 Å². The molecule has 0 unspecified atom stereocenters. The summed E-state index contributed by atoms with van der Waals surface area (Å²) in [6.07, 6.45) is 8.00. The lowest BCUT2D eigenvalue weighted by atomic mass is 10.5. The van der Waals surface area contributed by atoms with Gasteiger partial charge in [0, 0.05) is 12.4 Å². The summed E-state index contributed by atoms with van der Waals surface area (Å²) in [5.41, 5.74) is 0. The quantitative estimate of drug-likeness (QED) is 0.680. The van der Waals surface area contributed by atoms with E-state index in [1.807, 2.05) is 18.2 Å². The van der Waals surface area contributed by atoms with Crippen molar-refractivity contribution in [2.45, 2.75) is 26.2 Å². The molecule has 1 aromatic heterocycles. The van der Waals surface area contributed by atoms with Crippen LogP contribution in [0.2, 0.25) is 0 Å². The minimum atomic E-state index is 0.431. The van der Waals surface area contributed by atoms with Gasteiger partial charge >= 0.3 is 0 Å². The second-order valence-corrected chi connectivity index (χ2v) is 2.64. The lowest BCUT2D eigenvalue weighted by Gasteiger charge is -1.79. The standard InChI is InChI=1S/C5H5N.C3H6O2.C3H6/c1-2-4-6-5-3-1;1-2-5-3-4;1-2-3-1/h1-5H;3H,2H2,1H3;1-3H2. The molecule has 0 saturated heterocycles. The number of pyridine rings is 1. The van der Waals surface area contributed by atoms with E-state index in [0.29, 0.717) is 13.1 Å². The van der Waals surface area contributed by atoms with Crippen LogP contribution in [0, 0.1) is 0 Å². The minimum Gasteiger partial charge on any atom is -0.468 e. The maximum Gasteiger partial charge on any atom is 0.293 e. The summed E-state index contributed by atoms with van der Waals surface area (Å²) in [6.45, 7) is 2.66. The first-order valence-corrected chi connectivity index (χ1v) is 4.82. The molecule has 0 N–H and O–H groups in total. The lowest BCUT2D eigenvalue weighted by molar-refractivity contribution is -0.128. The van der Waals surface area contributed by atoms with Gasteiger partial charge in [0.25, 0.3) is 6.47 Å². The summed E-state index contributed by atoms with van der Waals surface area (Å²) < 4.78 is 4.15. The third-order valence-electron chi connectivity index (χ3n) is 1.15. The number of hydrogen-bond donors (Lipinski definition) is 0. The fraction of sp³-hybridized carbons (Fsp3) is 0.455. The first kappa shape index (κ1) is 12.6. The number of ether oxygens (including phenoxy) is 1. The first-order chi connectivity index (χ1) is 6.91. The van der Waals surface area contributed by atoms with E-state index in [1.165, 1.54) is 19.3 Å². The number of rotatable bonds is 2. The molecule has 0 bridgehead atoms. The van der Waals surface area contributed by atoms with Gasteiger partial charge in [0.2, 0.25) is 0 Å². The molecule has 0 amide bonds. The molecular formula is C11H17NO2. The fourth-order valence-corrected chi connectivity index (χ4v) is 0.381. The number of hydrogen-bond acceptors (Lipinski definition) is 3. The van der Waals surface area contributed by atoms with E-state index < -0.39 is 0 Å². The lowest BCUT2D eigenvalue weighted by Crippen LogP contribution is -1.80. The van der Waals surface area contributed by atoms with Crippen LogP contribution < -0.4 is 0 Å². The Balaban J connectivity index is 0.000000191. The molecule has 1 aromatic rings. The molecular weight excluding hydrogens is 178 g/mol. The van der Waals surface area contributed by atoms with Crippen LogP contribution in [0.1, 0.15) is 26.2 Å². The Bertz CT molecular complexity index is 170. The largest absolute Gasteiger partial charge is 0.468 e. The van der Waals surface area contributed by atoms with E-state index in [-0.39, 0.29) is 0 Å². The number of carbonyl (C=O) groups excluding carboxylic acids is 1. The van der Waals surface area contributed by atoms with Gasteiger partial charge in [0.05, 0.1) is 6.61 Å². The van der Waals surface area contributed by atoms with E-state index in [4.69, 9.17) is 0 Å². The molecule has 78 valence electrons. The molecule has 1 aliphatic carbocycles. The van der Waals surface area contributed by atoms with Gasteiger partial charge in [-0.15, -0.1) is 0 Å². The van der Waals surface area contributed by atoms with Crippen molar-refractivity contribution in [1.29, 1.82) is 0 Å². The van der Waals surface area contributed by atoms with Crippen LogP contribution in [0.5, 0.6) is 0 Å². The zero-order valence-electron chi connectivity index (χ0n) is 8.56. The van der Waals surface area contributed by atoms with Gasteiger partial charge in [-0.2, -0.15) is 0 Å². The predicted molar refractivity (Wildman–Crippen MR) is 55.8 cm³/mol. The van der Waals surface area contributed by atoms with Crippen LogP contribution in [0.25, 0.3) is 0 Å². The monoisotopic (exact) mass is 195 g/mol. The molecule has 0 aromatic carbocycles. The number of carbonyl (C=O) groups is 1. The van der Waals surface area contributed by atoms with Crippen molar-refractivity contribution in [2.75, 3.05) is 6.61 Å². The van der Waals surface area contributed by atoms with Crippen molar-refractivity contribution in [3.63, 3.8) is 0 Å². The Kier molecular flexibility index (Phi) is 10.5. The normalized spacial score (nSPS) is 10.9. The van der Waals surface area contributed by atoms with E-state index in [9.17, 15) is 4.79 Å². The topological polar surface area (TPSA) is 39.2 Å². The Morgan fingerprint density at radius 1 is 1.21 bits per heavy atom. The van der Waals surface area contributed by atoms with Crippen LogP contribution in [0.3, 0.4) is 0 Å². The first-order valence-electron chi connectivity index (χ1n) is 4.82. The third-order valence-corrected chi connectivity index (χ3v) is 1.15. The second-order valence-electron chi connectivity index (χ2n) is 2.64. The maximum atomic E-state index is 9.18. The van der Waals surface area contributed by atoms with Gasteiger partial charge in [-0.25, -0.2) is 0 Å². The molecule has 1 aliphatic rings. The van der Waals surface area contributed by atoms with Gasteiger partial charge in [-0.3, -0.25) is 9.78 Å². The van der Waals surface area contributed by atoms with Crippen LogP contribution in [0.4, 0.5) is 0 Å². The van der Waals surface area contributed by atoms with Crippen molar-refractivity contribution < 1.29 is 9.53 Å². The van der Waals surface area contributed by atoms with Crippen LogP contribution in [-0.4, -0.2) is 18.1 Å². The van der Waals surface area contributed by atoms with Crippen LogP contribution in [0.15, 0.2) is 30.6 Å². The Morgan fingerprint density at radius 3 is 1.86 bits per heavy atom. The Hall–Kier alpha value is -1.38. The summed E-state index contributed by atoms with van der Waals surface area (Å²) >= 11 is 0. The highest BCUT2D eigenvalue weighted by atomic mass is 16.5. The molecule has 14 heavy (non-hydrogen) atoms. The Labute approximate surface area is 85.1 Å². The highest BCUT2D eigenvalue weighted by Crippen LogP contribution is 2.14. The number of aromatic nitrogens is 1. The Morgan fingerprint density at radius 2 is 1.79 bits per heavy atom. The fourth-order valence-electron chi connectivity index (χ4n) is 0.381. The summed E-state index contributed by atoms with van der Waals surface area (Å²) in [5, 5.41) is 0. The van der Waals surface area contributed by atoms with Gasteiger partial charge in [-0.05, 0) is 19.1 Å². The maximum absolute atomic E-state index is 9.18. The van der Waals surface area contributed by atoms with E-state index in [2.05, 4.69) is 9.72 Å². The molecule has 1 fully saturated rings. The van der Waals surface area contributed by atoms with E-state index >= 15 is 0 Å². The molecule has 1 heterocycles.